The molecule has 20 heavy (non-hydrogen) atoms. The van der Waals surface area contributed by atoms with E-state index in [1.807, 2.05) is 29.2 Å². The van der Waals surface area contributed by atoms with E-state index in [-0.39, 0.29) is 17.9 Å². The Bertz CT molecular complexity index is 478. The van der Waals surface area contributed by atoms with Gasteiger partial charge in [0.2, 0.25) is 5.91 Å². The molecule has 2 aliphatic rings. The van der Waals surface area contributed by atoms with Crippen molar-refractivity contribution in [3.63, 3.8) is 0 Å². The summed E-state index contributed by atoms with van der Waals surface area (Å²) in [5, 5.41) is 12.4. The van der Waals surface area contributed by atoms with E-state index in [4.69, 9.17) is 5.11 Å². The van der Waals surface area contributed by atoms with E-state index in [2.05, 4.69) is 5.32 Å². The first-order valence-corrected chi connectivity index (χ1v) is 7.38. The Morgan fingerprint density at radius 3 is 2.45 bits per heavy atom. The van der Waals surface area contributed by atoms with Gasteiger partial charge in [0.25, 0.3) is 0 Å². The van der Waals surface area contributed by atoms with Crippen molar-refractivity contribution >= 4 is 5.91 Å². The van der Waals surface area contributed by atoms with E-state index in [1.165, 1.54) is 0 Å². The topological polar surface area (TPSA) is 52.6 Å². The molecule has 2 heterocycles. The second-order valence-electron chi connectivity index (χ2n) is 6.15. The highest BCUT2D eigenvalue weighted by atomic mass is 16.3. The largest absolute Gasteiger partial charge is 0.392 e. The molecule has 1 spiro atoms. The standard InChI is InChI=1S/C16H22N2O2/c19-11-14-3-1-13(2-4-14)10-18-12-16(9-15(18)20)5-7-17-8-6-16/h1-4,17,19H,5-12H2. The zero-order valence-electron chi connectivity index (χ0n) is 11.8. The van der Waals surface area contributed by atoms with Gasteiger partial charge in [-0.05, 0) is 42.5 Å². The lowest BCUT2D eigenvalue weighted by atomic mass is 9.78. The zero-order valence-corrected chi connectivity index (χ0v) is 11.8. The van der Waals surface area contributed by atoms with Gasteiger partial charge in [-0.15, -0.1) is 0 Å². The summed E-state index contributed by atoms with van der Waals surface area (Å²) in [6, 6.07) is 7.87. The van der Waals surface area contributed by atoms with Crippen LogP contribution in [0.25, 0.3) is 0 Å². The van der Waals surface area contributed by atoms with E-state index in [0.29, 0.717) is 13.0 Å². The Hall–Kier alpha value is -1.39. The lowest BCUT2D eigenvalue weighted by Crippen LogP contribution is -2.38. The molecule has 0 radical (unpaired) electrons. The highest BCUT2D eigenvalue weighted by molar-refractivity contribution is 5.79. The molecule has 1 aromatic carbocycles. The summed E-state index contributed by atoms with van der Waals surface area (Å²) in [7, 11) is 0. The maximum absolute atomic E-state index is 12.2. The van der Waals surface area contributed by atoms with E-state index >= 15 is 0 Å². The Labute approximate surface area is 119 Å². The lowest BCUT2D eigenvalue weighted by molar-refractivity contribution is -0.128. The van der Waals surface area contributed by atoms with Gasteiger partial charge in [-0.1, -0.05) is 24.3 Å². The molecule has 4 heteroatoms. The molecule has 1 aromatic rings. The summed E-state index contributed by atoms with van der Waals surface area (Å²) < 4.78 is 0. The summed E-state index contributed by atoms with van der Waals surface area (Å²) in [5.41, 5.74) is 2.27. The maximum Gasteiger partial charge on any atom is 0.223 e. The van der Waals surface area contributed by atoms with Crippen LogP contribution in [0.5, 0.6) is 0 Å². The molecule has 2 saturated heterocycles. The van der Waals surface area contributed by atoms with Gasteiger partial charge in [-0.3, -0.25) is 4.79 Å². The summed E-state index contributed by atoms with van der Waals surface area (Å²) in [5.74, 6) is 0.290. The molecule has 2 N–H and O–H groups in total. The van der Waals surface area contributed by atoms with Crippen LogP contribution in [-0.2, 0) is 17.9 Å². The first kappa shape index (κ1) is 13.6. The third-order valence-corrected chi connectivity index (χ3v) is 4.65. The molecule has 3 rings (SSSR count). The highest BCUT2D eigenvalue weighted by Gasteiger charge is 2.43. The molecule has 0 aliphatic carbocycles. The van der Waals surface area contributed by atoms with Crippen molar-refractivity contribution in [3.05, 3.63) is 35.4 Å². The molecule has 108 valence electrons. The number of nitrogens with zero attached hydrogens (tertiary/aromatic N) is 1. The third kappa shape index (κ3) is 2.72. The summed E-state index contributed by atoms with van der Waals surface area (Å²) in [6.45, 7) is 3.73. The van der Waals surface area contributed by atoms with Gasteiger partial charge in [0.1, 0.15) is 0 Å². The number of aliphatic hydroxyl groups is 1. The zero-order chi connectivity index (χ0) is 14.0. The van der Waals surface area contributed by atoms with Crippen LogP contribution < -0.4 is 5.32 Å². The molecule has 0 atom stereocenters. The number of nitrogens with one attached hydrogen (secondary N) is 1. The van der Waals surface area contributed by atoms with Crippen LogP contribution >= 0.6 is 0 Å². The number of piperidine rings is 1. The molecular formula is C16H22N2O2. The second-order valence-corrected chi connectivity index (χ2v) is 6.15. The molecule has 4 nitrogen and oxygen atoms in total. The van der Waals surface area contributed by atoms with Gasteiger partial charge in [0.05, 0.1) is 6.61 Å². The minimum Gasteiger partial charge on any atom is -0.392 e. The number of carbonyl (C=O) groups is 1. The minimum absolute atomic E-state index is 0.0685. The van der Waals surface area contributed by atoms with E-state index in [0.717, 1.165) is 43.6 Å². The number of aliphatic hydroxyl groups excluding tert-OH is 1. The monoisotopic (exact) mass is 274 g/mol. The van der Waals surface area contributed by atoms with Gasteiger partial charge in [0.15, 0.2) is 0 Å². The van der Waals surface area contributed by atoms with Crippen LogP contribution in [0.1, 0.15) is 30.4 Å². The van der Waals surface area contributed by atoms with Gasteiger partial charge < -0.3 is 15.3 Å². The van der Waals surface area contributed by atoms with Gasteiger partial charge in [0, 0.05) is 19.5 Å². The van der Waals surface area contributed by atoms with Crippen LogP contribution in [0.2, 0.25) is 0 Å². The fourth-order valence-corrected chi connectivity index (χ4v) is 3.39. The average Bonchev–Trinajstić information content (AvgIpc) is 2.76. The Kier molecular flexibility index (Phi) is 3.76. The van der Waals surface area contributed by atoms with Crippen molar-refractivity contribution in [2.45, 2.75) is 32.4 Å². The molecule has 0 aromatic heterocycles. The third-order valence-electron chi connectivity index (χ3n) is 4.65. The fraction of sp³-hybridized carbons (Fsp3) is 0.562. The van der Waals surface area contributed by atoms with Crippen molar-refractivity contribution in [3.8, 4) is 0 Å². The first-order valence-electron chi connectivity index (χ1n) is 7.38. The van der Waals surface area contributed by atoms with Gasteiger partial charge in [-0.2, -0.15) is 0 Å². The number of carbonyl (C=O) groups excluding carboxylic acids is 1. The number of rotatable bonds is 3. The Morgan fingerprint density at radius 1 is 1.15 bits per heavy atom. The fourth-order valence-electron chi connectivity index (χ4n) is 3.39. The van der Waals surface area contributed by atoms with Crippen LogP contribution in [0.15, 0.2) is 24.3 Å². The molecule has 0 saturated carbocycles. The minimum atomic E-state index is 0.0685. The number of benzene rings is 1. The van der Waals surface area contributed by atoms with Crippen LogP contribution in [-0.4, -0.2) is 35.5 Å². The van der Waals surface area contributed by atoms with Crippen molar-refractivity contribution in [2.75, 3.05) is 19.6 Å². The van der Waals surface area contributed by atoms with Crippen LogP contribution in [0.4, 0.5) is 0 Å². The Morgan fingerprint density at radius 2 is 1.80 bits per heavy atom. The summed E-state index contributed by atoms with van der Waals surface area (Å²) in [4.78, 5) is 14.2. The molecule has 0 bridgehead atoms. The van der Waals surface area contributed by atoms with E-state index in [9.17, 15) is 4.79 Å². The molecule has 2 fully saturated rings. The smallest absolute Gasteiger partial charge is 0.223 e. The molecule has 1 amide bonds. The van der Waals surface area contributed by atoms with Crippen LogP contribution in [0, 0.1) is 5.41 Å². The number of hydrogen-bond acceptors (Lipinski definition) is 3. The van der Waals surface area contributed by atoms with E-state index < -0.39 is 0 Å². The van der Waals surface area contributed by atoms with Crippen molar-refractivity contribution < 1.29 is 9.90 Å². The molecule has 2 aliphatic heterocycles. The SMILES string of the molecule is O=C1CC2(CCNCC2)CN1Cc1ccc(CO)cc1. The first-order chi connectivity index (χ1) is 9.71. The average molecular weight is 274 g/mol. The maximum atomic E-state index is 12.2. The predicted molar refractivity (Wildman–Crippen MR) is 76.9 cm³/mol. The molecule has 0 unspecified atom stereocenters. The number of likely N-dealkylation sites (tertiary alicyclic amines) is 1. The second kappa shape index (κ2) is 5.54. The number of hydrogen-bond donors (Lipinski definition) is 2. The summed E-state index contributed by atoms with van der Waals surface area (Å²) >= 11 is 0. The quantitative estimate of drug-likeness (QED) is 0.873. The molecular weight excluding hydrogens is 252 g/mol. The van der Waals surface area contributed by atoms with Gasteiger partial charge >= 0.3 is 0 Å². The van der Waals surface area contributed by atoms with Crippen molar-refractivity contribution in [1.29, 1.82) is 0 Å². The Balaban J connectivity index is 1.66. The number of amides is 1. The van der Waals surface area contributed by atoms with E-state index in [1.54, 1.807) is 0 Å². The summed E-state index contributed by atoms with van der Waals surface area (Å²) in [6.07, 6.45) is 2.93. The lowest BCUT2D eigenvalue weighted by Gasteiger charge is -2.33. The van der Waals surface area contributed by atoms with Crippen LogP contribution in [0.3, 0.4) is 0 Å². The normalized spacial score (nSPS) is 21.6. The van der Waals surface area contributed by atoms with Gasteiger partial charge in [-0.25, -0.2) is 0 Å². The highest BCUT2D eigenvalue weighted by Crippen LogP contribution is 2.39. The van der Waals surface area contributed by atoms with Crippen molar-refractivity contribution in [2.24, 2.45) is 5.41 Å². The predicted octanol–water partition coefficient (Wildman–Crippen LogP) is 1.28. The van der Waals surface area contributed by atoms with Crippen molar-refractivity contribution in [1.82, 2.24) is 10.2 Å².